The van der Waals surface area contributed by atoms with Crippen molar-refractivity contribution in [3.63, 3.8) is 0 Å². The lowest BCUT2D eigenvalue weighted by Gasteiger charge is -2.11. The summed E-state index contributed by atoms with van der Waals surface area (Å²) in [4.78, 5) is 38.6. The predicted molar refractivity (Wildman–Crippen MR) is 95.6 cm³/mol. The quantitative estimate of drug-likeness (QED) is 0.429. The van der Waals surface area contributed by atoms with Gasteiger partial charge in [-0.15, -0.1) is 0 Å². The molecule has 142 valence electrons. The van der Waals surface area contributed by atoms with E-state index >= 15 is 0 Å². The molecule has 0 aliphatic heterocycles. The number of methoxy groups -OCH3 is 1. The summed E-state index contributed by atoms with van der Waals surface area (Å²) in [6.45, 7) is 2.57. The van der Waals surface area contributed by atoms with E-state index in [4.69, 9.17) is 4.74 Å². The first-order valence-corrected chi connectivity index (χ1v) is 8.19. The van der Waals surface area contributed by atoms with Crippen LogP contribution in [0.1, 0.15) is 39.6 Å². The highest BCUT2D eigenvalue weighted by molar-refractivity contribution is 5.98. The Kier molecular flexibility index (Phi) is 6.81. The Morgan fingerprint density at radius 3 is 2.67 bits per heavy atom. The second kappa shape index (κ2) is 9.27. The van der Waals surface area contributed by atoms with Gasteiger partial charge in [0, 0.05) is 36.0 Å². The maximum Gasteiger partial charge on any atom is 0.338 e. The molecule has 9 heteroatoms. The fourth-order valence-corrected chi connectivity index (χ4v) is 2.25. The molecule has 1 aromatic heterocycles. The minimum absolute atomic E-state index is 0.0236. The lowest BCUT2D eigenvalue weighted by atomic mass is 10.1. The Bertz CT molecular complexity index is 853. The lowest BCUT2D eigenvalue weighted by Crippen LogP contribution is -2.24. The first kappa shape index (κ1) is 19.8. The molecule has 0 bridgehead atoms. The number of nitrogens with zero attached hydrogens (tertiary/aromatic N) is 2. The van der Waals surface area contributed by atoms with Gasteiger partial charge in [-0.3, -0.25) is 14.9 Å². The number of aromatic nitrogens is 1. The maximum atomic E-state index is 12.4. The normalized spacial score (nSPS) is 10.1. The first-order chi connectivity index (χ1) is 13.0. The number of amides is 1. The molecule has 0 saturated heterocycles. The zero-order chi connectivity index (χ0) is 19.8. The van der Waals surface area contributed by atoms with E-state index in [0.29, 0.717) is 18.1 Å². The number of nitro groups is 1. The van der Waals surface area contributed by atoms with E-state index in [9.17, 15) is 19.7 Å². The summed E-state index contributed by atoms with van der Waals surface area (Å²) < 4.78 is 10.1. The van der Waals surface area contributed by atoms with Crippen molar-refractivity contribution >= 4 is 17.6 Å². The van der Waals surface area contributed by atoms with Crippen LogP contribution in [0.15, 0.2) is 36.5 Å². The molecule has 0 fully saturated rings. The summed E-state index contributed by atoms with van der Waals surface area (Å²) in [6.07, 6.45) is 2.39. The summed E-state index contributed by atoms with van der Waals surface area (Å²) in [6, 6.07) is 6.86. The second-order valence-corrected chi connectivity index (χ2v) is 5.52. The van der Waals surface area contributed by atoms with Crippen LogP contribution >= 0.6 is 0 Å². The zero-order valence-corrected chi connectivity index (χ0v) is 14.9. The van der Waals surface area contributed by atoms with Gasteiger partial charge in [0.05, 0.1) is 24.2 Å². The van der Waals surface area contributed by atoms with E-state index in [2.05, 4.69) is 15.0 Å². The Balaban J connectivity index is 2.20. The van der Waals surface area contributed by atoms with Crippen LogP contribution in [0.3, 0.4) is 0 Å². The van der Waals surface area contributed by atoms with Crippen molar-refractivity contribution in [1.29, 1.82) is 0 Å². The summed E-state index contributed by atoms with van der Waals surface area (Å²) in [5.41, 5.74) is 0.184. The van der Waals surface area contributed by atoms with Gasteiger partial charge in [-0.1, -0.05) is 13.0 Å². The Hall–Kier alpha value is -3.49. The molecule has 0 aliphatic carbocycles. The molecule has 1 N–H and O–H groups in total. The molecule has 0 aliphatic rings. The number of hydrogen-bond acceptors (Lipinski definition) is 7. The number of hydrogen-bond donors (Lipinski definition) is 1. The van der Waals surface area contributed by atoms with Gasteiger partial charge in [0.2, 0.25) is 5.88 Å². The lowest BCUT2D eigenvalue weighted by molar-refractivity contribution is -0.384. The van der Waals surface area contributed by atoms with Crippen molar-refractivity contribution in [2.45, 2.75) is 19.9 Å². The van der Waals surface area contributed by atoms with Crippen LogP contribution in [0, 0.1) is 10.1 Å². The fourth-order valence-electron chi connectivity index (χ4n) is 2.25. The van der Waals surface area contributed by atoms with Crippen LogP contribution in [0.4, 0.5) is 5.69 Å². The third-order valence-electron chi connectivity index (χ3n) is 3.54. The van der Waals surface area contributed by atoms with Crippen molar-refractivity contribution in [3.05, 3.63) is 63.3 Å². The molecule has 2 rings (SSSR count). The molecule has 0 radical (unpaired) electrons. The molecule has 27 heavy (non-hydrogen) atoms. The number of carbonyl (C=O) groups is 2. The minimum atomic E-state index is -0.768. The van der Waals surface area contributed by atoms with Crippen LogP contribution in [-0.2, 0) is 11.3 Å². The SMILES string of the molecule is CCCOc1ncccc1CNC(=O)c1cc(C(=O)OC)cc([N+](=O)[O-])c1. The van der Waals surface area contributed by atoms with E-state index in [1.54, 1.807) is 18.3 Å². The van der Waals surface area contributed by atoms with Gasteiger partial charge in [0.1, 0.15) is 0 Å². The van der Waals surface area contributed by atoms with Crippen molar-refractivity contribution in [2.75, 3.05) is 13.7 Å². The highest BCUT2D eigenvalue weighted by atomic mass is 16.6. The number of non-ortho nitro benzene ring substituents is 1. The number of ether oxygens (including phenoxy) is 2. The van der Waals surface area contributed by atoms with Crippen LogP contribution in [0.2, 0.25) is 0 Å². The van der Waals surface area contributed by atoms with E-state index in [1.165, 1.54) is 6.07 Å². The Morgan fingerprint density at radius 2 is 2.00 bits per heavy atom. The van der Waals surface area contributed by atoms with Crippen LogP contribution < -0.4 is 10.1 Å². The van der Waals surface area contributed by atoms with Crippen LogP contribution in [0.25, 0.3) is 0 Å². The number of nitrogens with one attached hydrogen (secondary N) is 1. The van der Waals surface area contributed by atoms with E-state index in [1.807, 2.05) is 6.92 Å². The van der Waals surface area contributed by atoms with Gasteiger partial charge in [-0.05, 0) is 18.6 Å². The highest BCUT2D eigenvalue weighted by Gasteiger charge is 2.18. The van der Waals surface area contributed by atoms with Gasteiger partial charge < -0.3 is 14.8 Å². The average molecular weight is 373 g/mol. The average Bonchev–Trinajstić information content (AvgIpc) is 2.69. The molecule has 9 nitrogen and oxygen atoms in total. The van der Waals surface area contributed by atoms with E-state index < -0.39 is 16.8 Å². The van der Waals surface area contributed by atoms with Crippen LogP contribution in [-0.4, -0.2) is 35.5 Å². The molecule has 2 aromatic rings. The summed E-state index contributed by atoms with van der Waals surface area (Å²) in [7, 11) is 1.15. The van der Waals surface area contributed by atoms with Gasteiger partial charge >= 0.3 is 5.97 Å². The van der Waals surface area contributed by atoms with Gasteiger partial charge in [-0.2, -0.15) is 0 Å². The van der Waals surface area contributed by atoms with Crippen molar-refractivity contribution in [1.82, 2.24) is 10.3 Å². The second-order valence-electron chi connectivity index (χ2n) is 5.52. The summed E-state index contributed by atoms with van der Waals surface area (Å²) >= 11 is 0. The smallest absolute Gasteiger partial charge is 0.338 e. The monoisotopic (exact) mass is 373 g/mol. The van der Waals surface area contributed by atoms with E-state index in [0.717, 1.165) is 25.7 Å². The number of esters is 1. The topological polar surface area (TPSA) is 121 Å². The van der Waals surface area contributed by atoms with Crippen molar-refractivity contribution < 1.29 is 24.0 Å². The molecule has 1 heterocycles. The molecule has 0 spiro atoms. The number of nitro benzene ring substituents is 1. The van der Waals surface area contributed by atoms with Crippen molar-refractivity contribution in [2.24, 2.45) is 0 Å². The summed E-state index contributed by atoms with van der Waals surface area (Å²) in [5.74, 6) is -0.932. The first-order valence-electron chi connectivity index (χ1n) is 8.19. The minimum Gasteiger partial charge on any atom is -0.477 e. The Labute approximate surface area is 155 Å². The molecule has 0 unspecified atom stereocenters. The largest absolute Gasteiger partial charge is 0.477 e. The van der Waals surface area contributed by atoms with Gasteiger partial charge in [0.15, 0.2) is 0 Å². The molecule has 0 atom stereocenters. The molecular formula is C18H19N3O6. The molecular weight excluding hydrogens is 354 g/mol. The highest BCUT2D eigenvalue weighted by Crippen LogP contribution is 2.19. The van der Waals surface area contributed by atoms with E-state index in [-0.39, 0.29) is 23.4 Å². The number of pyridine rings is 1. The van der Waals surface area contributed by atoms with Gasteiger partial charge in [-0.25, -0.2) is 9.78 Å². The summed E-state index contributed by atoms with van der Waals surface area (Å²) in [5, 5.41) is 13.7. The number of carbonyl (C=O) groups excluding carboxylic acids is 2. The third-order valence-corrected chi connectivity index (χ3v) is 3.54. The predicted octanol–water partition coefficient (Wildman–Crippen LogP) is 2.50. The van der Waals surface area contributed by atoms with Crippen molar-refractivity contribution in [3.8, 4) is 5.88 Å². The molecule has 0 saturated carbocycles. The zero-order valence-electron chi connectivity index (χ0n) is 14.9. The number of benzene rings is 1. The fraction of sp³-hybridized carbons (Fsp3) is 0.278. The molecule has 1 aromatic carbocycles. The number of rotatable bonds is 8. The third kappa shape index (κ3) is 5.24. The molecule has 1 amide bonds. The van der Waals surface area contributed by atoms with Gasteiger partial charge in [0.25, 0.3) is 11.6 Å². The standard InChI is InChI=1S/C18H19N3O6/c1-3-7-27-17-12(5-4-6-19-17)11-20-16(22)13-8-14(18(23)26-2)10-15(9-13)21(24)25/h4-6,8-10H,3,7,11H2,1-2H3,(H,20,22). The van der Waals surface area contributed by atoms with Crippen LogP contribution in [0.5, 0.6) is 5.88 Å². The Morgan fingerprint density at radius 1 is 1.26 bits per heavy atom. The maximum absolute atomic E-state index is 12.4.